The molecular weight excluding hydrogens is 321 g/mol. The average molecular weight is 342 g/mol. The third-order valence-electron chi connectivity index (χ3n) is 3.75. The van der Waals surface area contributed by atoms with Crippen molar-refractivity contribution >= 4 is 34.5 Å². The minimum absolute atomic E-state index is 0.236. The summed E-state index contributed by atoms with van der Waals surface area (Å²) in [5, 5.41) is 0. The Kier molecular flexibility index (Phi) is 5.37. The summed E-state index contributed by atoms with van der Waals surface area (Å²) in [6, 6.07) is 8.21. The summed E-state index contributed by atoms with van der Waals surface area (Å²) in [5.74, 6) is 0.921. The molecule has 0 aliphatic rings. The molecule has 2 N–H and O–H groups in total. The van der Waals surface area contributed by atoms with Crippen LogP contribution in [0.25, 0.3) is 0 Å². The van der Waals surface area contributed by atoms with Crippen LogP contribution in [0, 0.1) is 0 Å². The lowest BCUT2D eigenvalue weighted by molar-refractivity contribution is 0.783. The van der Waals surface area contributed by atoms with E-state index in [0.717, 1.165) is 11.1 Å². The predicted molar refractivity (Wildman–Crippen MR) is 95.0 cm³/mol. The lowest BCUT2D eigenvalue weighted by Gasteiger charge is -2.21. The quantitative estimate of drug-likeness (QED) is 0.688. The highest BCUT2D eigenvalue weighted by Crippen LogP contribution is 2.38. The van der Waals surface area contributed by atoms with Crippen LogP contribution in [0.1, 0.15) is 67.8 Å². The van der Waals surface area contributed by atoms with Crippen molar-refractivity contribution in [3.8, 4) is 0 Å². The van der Waals surface area contributed by atoms with Gasteiger partial charge < -0.3 is 5.73 Å². The molecule has 0 fully saturated rings. The lowest BCUT2D eigenvalue weighted by Crippen LogP contribution is -2.15. The fraction of sp³-hybridized carbons (Fsp3) is 0.412. The van der Waals surface area contributed by atoms with E-state index in [4.69, 9.17) is 28.9 Å². The Labute approximate surface area is 141 Å². The van der Waals surface area contributed by atoms with Crippen molar-refractivity contribution in [2.24, 2.45) is 5.73 Å². The third-order valence-corrected chi connectivity index (χ3v) is 5.27. The van der Waals surface area contributed by atoms with Gasteiger partial charge in [0, 0.05) is 5.56 Å². The van der Waals surface area contributed by atoms with Gasteiger partial charge in [-0.1, -0.05) is 69.1 Å². The Morgan fingerprint density at radius 2 is 1.57 bits per heavy atom. The van der Waals surface area contributed by atoms with E-state index in [1.807, 2.05) is 6.07 Å². The maximum absolute atomic E-state index is 6.46. The zero-order chi connectivity index (χ0) is 15.7. The van der Waals surface area contributed by atoms with Crippen molar-refractivity contribution < 1.29 is 0 Å². The van der Waals surface area contributed by atoms with Gasteiger partial charge in [-0.05, 0) is 34.6 Å². The van der Waals surface area contributed by atoms with Crippen LogP contribution in [-0.4, -0.2) is 0 Å². The first-order valence-electron chi connectivity index (χ1n) is 7.15. The third kappa shape index (κ3) is 3.62. The summed E-state index contributed by atoms with van der Waals surface area (Å²) in [4.78, 5) is 0. The van der Waals surface area contributed by atoms with Crippen LogP contribution < -0.4 is 5.73 Å². The van der Waals surface area contributed by atoms with E-state index in [1.165, 1.54) is 22.5 Å². The SMILES string of the molecule is CC(C)c1ccc(C(N)c2cc(Cl)sc2Cl)c(C(C)C)c1. The molecule has 0 aliphatic heterocycles. The van der Waals surface area contributed by atoms with Gasteiger partial charge in [0.2, 0.25) is 0 Å². The van der Waals surface area contributed by atoms with Crippen LogP contribution in [0.15, 0.2) is 24.3 Å². The molecule has 2 rings (SSSR count). The van der Waals surface area contributed by atoms with Crippen molar-refractivity contribution in [2.75, 3.05) is 0 Å². The maximum Gasteiger partial charge on any atom is 0.0995 e. The molecule has 1 aromatic heterocycles. The highest BCUT2D eigenvalue weighted by atomic mass is 35.5. The Hall–Kier alpha value is -0.540. The molecule has 0 spiro atoms. The van der Waals surface area contributed by atoms with Crippen molar-refractivity contribution in [1.29, 1.82) is 0 Å². The zero-order valence-electron chi connectivity index (χ0n) is 12.8. The van der Waals surface area contributed by atoms with Gasteiger partial charge in [-0.3, -0.25) is 0 Å². The fourth-order valence-electron chi connectivity index (χ4n) is 2.47. The van der Waals surface area contributed by atoms with E-state index in [0.29, 0.717) is 20.5 Å². The fourth-order valence-corrected chi connectivity index (χ4v) is 4.02. The van der Waals surface area contributed by atoms with Crippen molar-refractivity contribution in [3.63, 3.8) is 0 Å². The van der Waals surface area contributed by atoms with Gasteiger partial charge in [-0.2, -0.15) is 0 Å². The molecule has 1 heterocycles. The maximum atomic E-state index is 6.46. The number of thiophene rings is 1. The highest BCUT2D eigenvalue weighted by Gasteiger charge is 2.20. The Morgan fingerprint density at radius 1 is 0.905 bits per heavy atom. The molecule has 1 nitrogen and oxygen atoms in total. The first-order valence-corrected chi connectivity index (χ1v) is 8.72. The van der Waals surface area contributed by atoms with Crippen molar-refractivity contribution in [3.05, 3.63) is 55.2 Å². The van der Waals surface area contributed by atoms with Gasteiger partial charge >= 0.3 is 0 Å². The summed E-state index contributed by atoms with van der Waals surface area (Å²) >= 11 is 13.7. The largest absolute Gasteiger partial charge is 0.320 e. The second kappa shape index (κ2) is 6.70. The summed E-state index contributed by atoms with van der Waals surface area (Å²) in [7, 11) is 0. The second-order valence-corrected chi connectivity index (χ2v) is 8.24. The van der Waals surface area contributed by atoms with Crippen molar-refractivity contribution in [1.82, 2.24) is 0 Å². The molecule has 21 heavy (non-hydrogen) atoms. The van der Waals surface area contributed by atoms with E-state index >= 15 is 0 Å². The summed E-state index contributed by atoms with van der Waals surface area (Å²) in [6.45, 7) is 8.79. The molecule has 1 aromatic carbocycles. The number of nitrogens with two attached hydrogens (primary N) is 1. The first-order chi connectivity index (χ1) is 9.81. The van der Waals surface area contributed by atoms with Crippen LogP contribution in [0.4, 0.5) is 0 Å². The Balaban J connectivity index is 2.50. The summed E-state index contributed by atoms with van der Waals surface area (Å²) in [5.41, 5.74) is 11.1. The molecular formula is C17H21Cl2NS. The summed E-state index contributed by atoms with van der Waals surface area (Å²) in [6.07, 6.45) is 0. The van der Waals surface area contributed by atoms with Gasteiger partial charge in [0.1, 0.15) is 0 Å². The molecule has 0 bridgehead atoms. The molecule has 2 aromatic rings. The minimum atomic E-state index is -0.236. The van der Waals surface area contributed by atoms with E-state index < -0.39 is 0 Å². The van der Waals surface area contributed by atoms with Gasteiger partial charge in [-0.15, -0.1) is 11.3 Å². The topological polar surface area (TPSA) is 26.0 Å². The van der Waals surface area contributed by atoms with Crippen LogP contribution in [-0.2, 0) is 0 Å². The monoisotopic (exact) mass is 341 g/mol. The second-order valence-electron chi connectivity index (χ2n) is 5.95. The average Bonchev–Trinajstić information content (AvgIpc) is 2.76. The molecule has 1 atom stereocenters. The van der Waals surface area contributed by atoms with E-state index in [1.54, 1.807) is 0 Å². The number of benzene rings is 1. The van der Waals surface area contributed by atoms with Gasteiger partial charge in [0.25, 0.3) is 0 Å². The van der Waals surface area contributed by atoms with Crippen LogP contribution in [0.2, 0.25) is 8.67 Å². The van der Waals surface area contributed by atoms with Crippen molar-refractivity contribution in [2.45, 2.75) is 45.6 Å². The van der Waals surface area contributed by atoms with Crippen LogP contribution in [0.5, 0.6) is 0 Å². The normalized spacial score (nSPS) is 13.2. The molecule has 1 unspecified atom stereocenters. The predicted octanol–water partition coefficient (Wildman–Crippen LogP) is 6.35. The molecule has 114 valence electrons. The molecule has 0 radical (unpaired) electrons. The standard InChI is InChI=1S/C17H21Cl2NS/c1-9(2)11-5-6-12(13(7-11)10(3)4)16(20)14-8-15(18)21-17(14)19/h5-10,16H,20H2,1-4H3. The van der Waals surface area contributed by atoms with E-state index in [9.17, 15) is 0 Å². The van der Waals surface area contributed by atoms with Gasteiger partial charge in [0.15, 0.2) is 0 Å². The van der Waals surface area contributed by atoms with E-state index in [-0.39, 0.29) is 6.04 Å². The molecule has 0 aliphatic carbocycles. The van der Waals surface area contributed by atoms with Gasteiger partial charge in [0.05, 0.1) is 14.7 Å². The summed E-state index contributed by atoms with van der Waals surface area (Å²) < 4.78 is 1.35. The molecule has 0 amide bonds. The lowest BCUT2D eigenvalue weighted by atomic mass is 9.87. The molecule has 0 saturated heterocycles. The molecule has 0 saturated carbocycles. The highest BCUT2D eigenvalue weighted by molar-refractivity contribution is 7.20. The smallest absolute Gasteiger partial charge is 0.0995 e. The minimum Gasteiger partial charge on any atom is -0.320 e. The molecule has 4 heteroatoms. The van der Waals surface area contributed by atoms with Crippen LogP contribution >= 0.6 is 34.5 Å². The zero-order valence-corrected chi connectivity index (χ0v) is 15.1. The number of rotatable bonds is 4. The first kappa shape index (κ1) is 16.8. The van der Waals surface area contributed by atoms with E-state index in [2.05, 4.69) is 45.9 Å². The Bertz CT molecular complexity index is 632. The van der Waals surface area contributed by atoms with Crippen LogP contribution in [0.3, 0.4) is 0 Å². The van der Waals surface area contributed by atoms with Gasteiger partial charge in [-0.25, -0.2) is 0 Å². The Morgan fingerprint density at radius 3 is 2.05 bits per heavy atom. The number of hydrogen-bond donors (Lipinski definition) is 1. The number of hydrogen-bond acceptors (Lipinski definition) is 2. The number of halogens is 2.